The molecule has 3 N–H and O–H groups in total. The molecule has 11 nitrogen and oxygen atoms in total. The molecule has 3 aromatic heterocycles. The zero-order chi connectivity index (χ0) is 22.8. The molecule has 1 amide bonds. The van der Waals surface area contributed by atoms with Crippen molar-refractivity contribution >= 4 is 22.8 Å². The summed E-state index contributed by atoms with van der Waals surface area (Å²) >= 11 is 0. The van der Waals surface area contributed by atoms with Crippen LogP contribution < -0.4 is 5.73 Å². The third-order valence-corrected chi connectivity index (χ3v) is 5.10. The molecule has 4 heterocycles. The predicted octanol–water partition coefficient (Wildman–Crippen LogP) is 0.943. The summed E-state index contributed by atoms with van der Waals surface area (Å²) in [5, 5.41) is 15.3. The van der Waals surface area contributed by atoms with Crippen LogP contribution in [0.15, 0.2) is 47.3 Å². The molecule has 1 fully saturated rings. The first-order valence-electron chi connectivity index (χ1n) is 10.2. The number of hydrogen-bond acceptors (Lipinski definition) is 9. The predicted molar refractivity (Wildman–Crippen MR) is 116 cm³/mol. The molecule has 5 rings (SSSR count). The van der Waals surface area contributed by atoms with Crippen LogP contribution in [0.3, 0.4) is 0 Å². The van der Waals surface area contributed by atoms with E-state index in [1.165, 1.54) is 23.3 Å². The minimum atomic E-state index is -1.17. The number of morpholine rings is 1. The van der Waals surface area contributed by atoms with E-state index in [9.17, 15) is 9.90 Å². The second-order valence-electron chi connectivity index (χ2n) is 7.21. The Morgan fingerprint density at radius 2 is 2.03 bits per heavy atom. The average molecular weight is 445 g/mol. The number of carbonyl (C=O) groups is 1. The Morgan fingerprint density at radius 1 is 1.18 bits per heavy atom. The van der Waals surface area contributed by atoms with Crippen LogP contribution >= 0.6 is 0 Å². The Labute approximate surface area is 187 Å². The van der Waals surface area contributed by atoms with Gasteiger partial charge in [0, 0.05) is 36.3 Å². The minimum Gasteiger partial charge on any atom is -0.445 e. The Hall–Kier alpha value is -4.27. The molecule has 1 aliphatic rings. The fourth-order valence-electron chi connectivity index (χ4n) is 3.51. The number of nitrogens with zero attached hydrogens (tertiary/aromatic N) is 6. The van der Waals surface area contributed by atoms with Gasteiger partial charge >= 0.3 is 0 Å². The molecule has 0 spiro atoms. The topological polar surface area (TPSA) is 145 Å². The van der Waals surface area contributed by atoms with Crippen LogP contribution in [0.2, 0.25) is 0 Å². The van der Waals surface area contributed by atoms with Crippen LogP contribution in [0.1, 0.15) is 28.0 Å². The van der Waals surface area contributed by atoms with Crippen LogP contribution in [-0.4, -0.2) is 66.9 Å². The van der Waals surface area contributed by atoms with E-state index in [0.717, 1.165) is 0 Å². The number of aliphatic hydroxyl groups excluding tert-OH is 1. The number of benzene rings is 1. The van der Waals surface area contributed by atoms with Crippen LogP contribution in [0.5, 0.6) is 0 Å². The van der Waals surface area contributed by atoms with Crippen LogP contribution in [0.25, 0.3) is 16.7 Å². The van der Waals surface area contributed by atoms with E-state index in [1.807, 2.05) is 0 Å². The van der Waals surface area contributed by atoms with Crippen molar-refractivity contribution in [2.45, 2.75) is 6.10 Å². The molecule has 11 heteroatoms. The maximum absolute atomic E-state index is 13.2. The van der Waals surface area contributed by atoms with Crippen molar-refractivity contribution in [1.82, 2.24) is 29.6 Å². The second kappa shape index (κ2) is 8.70. The monoisotopic (exact) mass is 445 g/mol. The Kier molecular flexibility index (Phi) is 5.43. The van der Waals surface area contributed by atoms with E-state index in [-0.39, 0.29) is 17.7 Å². The number of aromatic nitrogens is 5. The number of nitrogen functional groups attached to an aromatic ring is 1. The first-order chi connectivity index (χ1) is 16.1. The minimum absolute atomic E-state index is 0.0854. The highest BCUT2D eigenvalue weighted by Crippen LogP contribution is 2.24. The van der Waals surface area contributed by atoms with Crippen LogP contribution in [-0.2, 0) is 4.74 Å². The fourth-order valence-corrected chi connectivity index (χ4v) is 3.51. The van der Waals surface area contributed by atoms with Gasteiger partial charge < -0.3 is 24.9 Å². The Balaban J connectivity index is 1.59. The number of aliphatic hydroxyl groups is 1. The summed E-state index contributed by atoms with van der Waals surface area (Å²) in [6, 6.07) is 6.95. The summed E-state index contributed by atoms with van der Waals surface area (Å²) < 4.78 is 12.0. The van der Waals surface area contributed by atoms with Gasteiger partial charge in [0.25, 0.3) is 5.91 Å². The number of hydrogen-bond donors (Lipinski definition) is 2. The van der Waals surface area contributed by atoms with Gasteiger partial charge in [-0.3, -0.25) is 4.79 Å². The third-order valence-electron chi connectivity index (χ3n) is 5.10. The highest BCUT2D eigenvalue weighted by atomic mass is 16.5. The van der Waals surface area contributed by atoms with Gasteiger partial charge in [-0.25, -0.2) is 14.6 Å². The third kappa shape index (κ3) is 4.12. The fraction of sp³-hybridized carbons (Fsp3) is 0.227. The molecule has 166 valence electrons. The van der Waals surface area contributed by atoms with Crippen molar-refractivity contribution in [1.29, 1.82) is 0 Å². The largest absolute Gasteiger partial charge is 0.445 e. The Bertz CT molecular complexity index is 1360. The van der Waals surface area contributed by atoms with Crippen molar-refractivity contribution in [3.8, 4) is 17.7 Å². The molecule has 1 aliphatic heterocycles. The molecule has 1 aromatic carbocycles. The lowest BCUT2D eigenvalue weighted by molar-refractivity contribution is 0.0300. The van der Waals surface area contributed by atoms with Gasteiger partial charge in [0.05, 0.1) is 24.9 Å². The van der Waals surface area contributed by atoms with E-state index >= 15 is 0 Å². The molecule has 1 unspecified atom stereocenters. The number of nitrogens with two attached hydrogens (primary N) is 1. The standard InChI is InChI=1S/C22H19N7O4/c23-22-25-6-5-18(26-22)29-16-13-14(2-4-17(30)20-24-7-10-33-20)1-3-15(16)19(27-29)21(31)28-8-11-32-12-9-28/h1,3,5-7,10,13,17,30H,8-9,11-12H2,(H2,23,25,26). The van der Waals surface area contributed by atoms with Gasteiger partial charge in [-0.15, -0.1) is 0 Å². The van der Waals surface area contributed by atoms with Gasteiger partial charge in [-0.2, -0.15) is 10.1 Å². The number of fused-ring (bicyclic) bond motifs is 1. The number of anilines is 1. The van der Waals surface area contributed by atoms with E-state index in [2.05, 4.69) is 31.9 Å². The van der Waals surface area contributed by atoms with Crippen molar-refractivity contribution in [3.63, 3.8) is 0 Å². The van der Waals surface area contributed by atoms with Gasteiger partial charge in [-0.1, -0.05) is 11.8 Å². The smallest absolute Gasteiger partial charge is 0.275 e. The summed E-state index contributed by atoms with van der Waals surface area (Å²) in [5.74, 6) is 6.03. The maximum Gasteiger partial charge on any atom is 0.275 e. The number of ether oxygens (including phenoxy) is 1. The SMILES string of the molecule is Nc1nccc(-n2nc(C(=O)N3CCOCC3)c3ccc(C#CC(O)c4ncco4)cc32)n1. The summed E-state index contributed by atoms with van der Waals surface area (Å²) in [5.41, 5.74) is 7.27. The molecule has 0 radical (unpaired) electrons. The van der Waals surface area contributed by atoms with Crippen molar-refractivity contribution in [3.05, 3.63) is 60.1 Å². The zero-order valence-corrected chi connectivity index (χ0v) is 17.4. The van der Waals surface area contributed by atoms with Crippen LogP contribution in [0, 0.1) is 11.8 Å². The normalized spacial score (nSPS) is 14.6. The number of amides is 1. The lowest BCUT2D eigenvalue weighted by Gasteiger charge is -2.26. The second-order valence-corrected chi connectivity index (χ2v) is 7.21. The summed E-state index contributed by atoms with van der Waals surface area (Å²) in [4.78, 5) is 27.0. The quantitative estimate of drug-likeness (QED) is 0.440. The average Bonchev–Trinajstić information content (AvgIpc) is 3.51. The van der Waals surface area contributed by atoms with Crippen molar-refractivity contribution in [2.24, 2.45) is 0 Å². The van der Waals surface area contributed by atoms with Crippen molar-refractivity contribution < 1.29 is 19.1 Å². The van der Waals surface area contributed by atoms with Gasteiger partial charge in [-0.05, 0) is 18.2 Å². The summed E-state index contributed by atoms with van der Waals surface area (Å²) in [6.07, 6.45) is 3.16. The lowest BCUT2D eigenvalue weighted by atomic mass is 10.1. The molecule has 0 aliphatic carbocycles. The summed E-state index contributed by atoms with van der Waals surface area (Å²) in [7, 11) is 0. The van der Waals surface area contributed by atoms with Gasteiger partial charge in [0.15, 0.2) is 17.6 Å². The maximum atomic E-state index is 13.2. The highest BCUT2D eigenvalue weighted by molar-refractivity contribution is 6.05. The van der Waals surface area contributed by atoms with Gasteiger partial charge in [0.2, 0.25) is 11.8 Å². The van der Waals surface area contributed by atoms with E-state index in [0.29, 0.717) is 54.3 Å². The molecule has 33 heavy (non-hydrogen) atoms. The van der Waals surface area contributed by atoms with Crippen LogP contribution in [0.4, 0.5) is 5.95 Å². The highest BCUT2D eigenvalue weighted by Gasteiger charge is 2.25. The molecule has 1 saturated heterocycles. The molecular weight excluding hydrogens is 426 g/mol. The van der Waals surface area contributed by atoms with E-state index in [4.69, 9.17) is 14.9 Å². The lowest BCUT2D eigenvalue weighted by Crippen LogP contribution is -2.41. The molecule has 0 saturated carbocycles. The summed E-state index contributed by atoms with van der Waals surface area (Å²) in [6.45, 7) is 1.96. The number of rotatable bonds is 3. The molecular formula is C22H19N7O4. The molecule has 0 bridgehead atoms. The number of carbonyl (C=O) groups excluding carboxylic acids is 1. The van der Waals surface area contributed by atoms with Gasteiger partial charge in [0.1, 0.15) is 6.26 Å². The first-order valence-corrected chi connectivity index (χ1v) is 10.2. The van der Waals surface area contributed by atoms with Crippen molar-refractivity contribution in [2.75, 3.05) is 32.0 Å². The van der Waals surface area contributed by atoms with E-state index in [1.54, 1.807) is 29.2 Å². The Morgan fingerprint density at radius 3 is 2.79 bits per heavy atom. The molecule has 4 aromatic rings. The number of oxazole rings is 1. The van der Waals surface area contributed by atoms with E-state index < -0.39 is 6.10 Å². The zero-order valence-electron chi connectivity index (χ0n) is 17.4. The molecule has 1 atom stereocenters. The first kappa shape index (κ1) is 20.6.